The SMILES string of the molecule is CCCc1noc(C[C@@]2(O)CCO[C@@H](C)C2)n1. The van der Waals surface area contributed by atoms with Gasteiger partial charge in [0.1, 0.15) is 0 Å². The molecule has 2 heterocycles. The molecule has 1 saturated heterocycles. The molecule has 0 radical (unpaired) electrons. The quantitative estimate of drug-likeness (QED) is 0.863. The van der Waals surface area contributed by atoms with E-state index in [-0.39, 0.29) is 6.10 Å². The van der Waals surface area contributed by atoms with Crippen LogP contribution in [-0.4, -0.2) is 33.6 Å². The molecule has 1 N–H and O–H groups in total. The molecule has 0 amide bonds. The lowest BCUT2D eigenvalue weighted by atomic mass is 9.88. The highest BCUT2D eigenvalue weighted by Gasteiger charge is 2.35. The Kier molecular flexibility index (Phi) is 3.79. The lowest BCUT2D eigenvalue weighted by molar-refractivity contribution is -0.0987. The first-order valence-corrected chi connectivity index (χ1v) is 6.27. The van der Waals surface area contributed by atoms with Crippen LogP contribution in [0.1, 0.15) is 44.8 Å². The molecule has 1 aromatic rings. The topological polar surface area (TPSA) is 68.4 Å². The summed E-state index contributed by atoms with van der Waals surface area (Å²) < 4.78 is 10.6. The number of aliphatic hydroxyl groups is 1. The highest BCUT2D eigenvalue weighted by atomic mass is 16.5. The summed E-state index contributed by atoms with van der Waals surface area (Å²) in [5, 5.41) is 14.3. The molecule has 17 heavy (non-hydrogen) atoms. The van der Waals surface area contributed by atoms with Crippen molar-refractivity contribution in [3.8, 4) is 0 Å². The predicted molar refractivity (Wildman–Crippen MR) is 61.6 cm³/mol. The van der Waals surface area contributed by atoms with Gasteiger partial charge >= 0.3 is 0 Å². The maximum atomic E-state index is 10.4. The molecule has 1 fully saturated rings. The van der Waals surface area contributed by atoms with Crippen molar-refractivity contribution >= 4 is 0 Å². The van der Waals surface area contributed by atoms with Gasteiger partial charge in [-0.15, -0.1) is 0 Å². The maximum absolute atomic E-state index is 10.4. The van der Waals surface area contributed by atoms with E-state index in [2.05, 4.69) is 17.1 Å². The van der Waals surface area contributed by atoms with Crippen LogP contribution in [0.15, 0.2) is 4.52 Å². The normalized spacial score (nSPS) is 29.5. The number of hydrogen-bond acceptors (Lipinski definition) is 5. The summed E-state index contributed by atoms with van der Waals surface area (Å²) in [5.41, 5.74) is -0.756. The molecule has 0 bridgehead atoms. The Balaban J connectivity index is 1.98. The van der Waals surface area contributed by atoms with E-state index in [9.17, 15) is 5.11 Å². The fraction of sp³-hybridized carbons (Fsp3) is 0.833. The lowest BCUT2D eigenvalue weighted by Gasteiger charge is -2.34. The summed E-state index contributed by atoms with van der Waals surface area (Å²) in [6.45, 7) is 4.64. The summed E-state index contributed by atoms with van der Waals surface area (Å²) >= 11 is 0. The van der Waals surface area contributed by atoms with Crippen LogP contribution in [0.2, 0.25) is 0 Å². The molecule has 0 aliphatic carbocycles. The second-order valence-electron chi connectivity index (χ2n) is 4.89. The summed E-state index contributed by atoms with van der Waals surface area (Å²) in [5.74, 6) is 1.26. The average Bonchev–Trinajstić information content (AvgIpc) is 2.64. The Bertz CT molecular complexity index is 366. The number of nitrogens with zero attached hydrogens (tertiary/aromatic N) is 2. The van der Waals surface area contributed by atoms with Gasteiger partial charge in [0, 0.05) is 25.9 Å². The first-order valence-electron chi connectivity index (χ1n) is 6.27. The van der Waals surface area contributed by atoms with Gasteiger partial charge < -0.3 is 14.4 Å². The third-order valence-electron chi connectivity index (χ3n) is 3.10. The van der Waals surface area contributed by atoms with Crippen molar-refractivity contribution in [2.45, 2.75) is 57.7 Å². The van der Waals surface area contributed by atoms with Crippen molar-refractivity contribution in [1.29, 1.82) is 0 Å². The van der Waals surface area contributed by atoms with Crippen LogP contribution in [0, 0.1) is 0 Å². The Morgan fingerprint density at radius 2 is 2.35 bits per heavy atom. The second kappa shape index (κ2) is 5.14. The lowest BCUT2D eigenvalue weighted by Crippen LogP contribution is -2.41. The van der Waals surface area contributed by atoms with Crippen LogP contribution in [-0.2, 0) is 17.6 Å². The van der Waals surface area contributed by atoms with Crippen molar-refractivity contribution in [2.24, 2.45) is 0 Å². The highest BCUT2D eigenvalue weighted by molar-refractivity contribution is 4.95. The first kappa shape index (κ1) is 12.5. The molecule has 5 nitrogen and oxygen atoms in total. The molecule has 2 rings (SSSR count). The zero-order valence-electron chi connectivity index (χ0n) is 10.5. The Labute approximate surface area is 101 Å². The van der Waals surface area contributed by atoms with E-state index in [1.165, 1.54) is 0 Å². The fourth-order valence-corrected chi connectivity index (χ4v) is 2.28. The third-order valence-corrected chi connectivity index (χ3v) is 3.10. The molecule has 0 saturated carbocycles. The smallest absolute Gasteiger partial charge is 0.229 e. The van der Waals surface area contributed by atoms with E-state index in [0.717, 1.165) is 18.7 Å². The van der Waals surface area contributed by atoms with E-state index >= 15 is 0 Å². The van der Waals surface area contributed by atoms with Crippen LogP contribution < -0.4 is 0 Å². The third kappa shape index (κ3) is 3.26. The maximum Gasteiger partial charge on any atom is 0.229 e. The van der Waals surface area contributed by atoms with Crippen molar-refractivity contribution in [3.63, 3.8) is 0 Å². The average molecular weight is 240 g/mol. The van der Waals surface area contributed by atoms with Gasteiger partial charge in [0.25, 0.3) is 0 Å². The standard InChI is InChI=1S/C12H20N2O3/c1-3-4-10-13-11(17-14-10)8-12(15)5-6-16-9(2)7-12/h9,15H,3-8H2,1-2H3/t9-,12+/m0/s1. The largest absolute Gasteiger partial charge is 0.389 e. The molecule has 2 atom stereocenters. The Morgan fingerprint density at radius 1 is 1.53 bits per heavy atom. The minimum Gasteiger partial charge on any atom is -0.389 e. The molecule has 5 heteroatoms. The number of aromatic nitrogens is 2. The highest BCUT2D eigenvalue weighted by Crippen LogP contribution is 2.27. The van der Waals surface area contributed by atoms with Crippen LogP contribution in [0.4, 0.5) is 0 Å². The number of aryl methyl sites for hydroxylation is 1. The number of ether oxygens (including phenoxy) is 1. The molecule has 1 aliphatic heterocycles. The van der Waals surface area contributed by atoms with E-state index in [1.807, 2.05) is 6.92 Å². The molecule has 1 aromatic heterocycles. The summed E-state index contributed by atoms with van der Waals surface area (Å²) in [6.07, 6.45) is 3.58. The summed E-state index contributed by atoms with van der Waals surface area (Å²) in [6, 6.07) is 0. The van der Waals surface area contributed by atoms with Crippen molar-refractivity contribution < 1.29 is 14.4 Å². The second-order valence-corrected chi connectivity index (χ2v) is 4.89. The monoisotopic (exact) mass is 240 g/mol. The Morgan fingerprint density at radius 3 is 3.06 bits per heavy atom. The van der Waals surface area contributed by atoms with Crippen molar-refractivity contribution in [1.82, 2.24) is 10.1 Å². The van der Waals surface area contributed by atoms with Gasteiger partial charge in [-0.25, -0.2) is 0 Å². The minimum absolute atomic E-state index is 0.0896. The summed E-state index contributed by atoms with van der Waals surface area (Å²) in [4.78, 5) is 4.29. The first-order chi connectivity index (χ1) is 8.11. The molecule has 0 unspecified atom stereocenters. The van der Waals surface area contributed by atoms with Crippen LogP contribution >= 0.6 is 0 Å². The van der Waals surface area contributed by atoms with Gasteiger partial charge in [0.15, 0.2) is 5.82 Å². The van der Waals surface area contributed by atoms with Gasteiger partial charge in [-0.2, -0.15) is 4.98 Å². The molecule has 0 spiro atoms. The van der Waals surface area contributed by atoms with Gasteiger partial charge in [0.05, 0.1) is 18.1 Å². The van der Waals surface area contributed by atoms with Crippen molar-refractivity contribution in [2.75, 3.05) is 6.61 Å². The van der Waals surface area contributed by atoms with E-state index in [1.54, 1.807) is 0 Å². The molecular formula is C12H20N2O3. The fourth-order valence-electron chi connectivity index (χ4n) is 2.28. The predicted octanol–water partition coefficient (Wildman–Crippen LogP) is 1.49. The number of hydrogen-bond donors (Lipinski definition) is 1. The van der Waals surface area contributed by atoms with Gasteiger partial charge in [-0.1, -0.05) is 12.1 Å². The van der Waals surface area contributed by atoms with Crippen molar-refractivity contribution in [3.05, 3.63) is 11.7 Å². The Hall–Kier alpha value is -0.940. The minimum atomic E-state index is -0.756. The van der Waals surface area contributed by atoms with E-state index in [4.69, 9.17) is 9.26 Å². The zero-order chi connectivity index (χ0) is 12.3. The zero-order valence-corrected chi connectivity index (χ0v) is 10.5. The van der Waals surface area contributed by atoms with Gasteiger partial charge in [-0.05, 0) is 13.3 Å². The van der Waals surface area contributed by atoms with E-state index < -0.39 is 5.60 Å². The van der Waals surface area contributed by atoms with E-state index in [0.29, 0.717) is 31.8 Å². The molecule has 96 valence electrons. The summed E-state index contributed by atoms with van der Waals surface area (Å²) in [7, 11) is 0. The van der Waals surface area contributed by atoms with Crippen LogP contribution in [0.3, 0.4) is 0 Å². The number of rotatable bonds is 4. The van der Waals surface area contributed by atoms with Gasteiger partial charge in [-0.3, -0.25) is 0 Å². The molecular weight excluding hydrogens is 220 g/mol. The van der Waals surface area contributed by atoms with Gasteiger partial charge in [0.2, 0.25) is 5.89 Å². The van der Waals surface area contributed by atoms with Crippen LogP contribution in [0.5, 0.6) is 0 Å². The molecule has 0 aromatic carbocycles. The molecule has 1 aliphatic rings. The van der Waals surface area contributed by atoms with Crippen LogP contribution in [0.25, 0.3) is 0 Å².